The maximum atomic E-state index is 5.17. The van der Waals surface area contributed by atoms with Gasteiger partial charge in [0.2, 0.25) is 11.9 Å². The summed E-state index contributed by atoms with van der Waals surface area (Å²) in [5.41, 5.74) is 0.0917. The molecule has 0 amide bonds. The molecule has 0 aliphatic carbocycles. The Labute approximate surface area is 114 Å². The number of anilines is 2. The molecule has 1 aromatic heterocycles. The van der Waals surface area contributed by atoms with E-state index in [1.807, 2.05) is 0 Å². The Bertz CT molecular complexity index is 435. The van der Waals surface area contributed by atoms with E-state index in [4.69, 9.17) is 4.74 Å². The summed E-state index contributed by atoms with van der Waals surface area (Å²) in [6.45, 7) is 8.37. The summed E-state index contributed by atoms with van der Waals surface area (Å²) in [5, 5.41) is 3.19. The van der Waals surface area contributed by atoms with Crippen LogP contribution < -0.4 is 15.0 Å². The van der Waals surface area contributed by atoms with Gasteiger partial charge in [-0.2, -0.15) is 15.0 Å². The zero-order valence-electron chi connectivity index (χ0n) is 12.2. The molecular weight excluding hydrogens is 242 g/mol. The first-order valence-corrected chi connectivity index (χ1v) is 6.88. The van der Waals surface area contributed by atoms with Crippen molar-refractivity contribution in [3.8, 4) is 6.01 Å². The number of methoxy groups -OCH3 is 1. The van der Waals surface area contributed by atoms with Crippen molar-refractivity contribution < 1.29 is 4.74 Å². The predicted octanol–water partition coefficient (Wildman–Crippen LogP) is 2.08. The van der Waals surface area contributed by atoms with E-state index in [0.717, 1.165) is 25.9 Å². The molecule has 0 aromatic carbocycles. The Morgan fingerprint density at radius 3 is 2.68 bits per heavy atom. The average molecular weight is 265 g/mol. The van der Waals surface area contributed by atoms with Crippen molar-refractivity contribution in [2.24, 2.45) is 0 Å². The minimum Gasteiger partial charge on any atom is -0.467 e. The second-order valence-electron chi connectivity index (χ2n) is 5.44. The van der Waals surface area contributed by atoms with Gasteiger partial charge in [0.1, 0.15) is 0 Å². The van der Waals surface area contributed by atoms with Crippen LogP contribution in [-0.4, -0.2) is 40.7 Å². The summed E-state index contributed by atoms with van der Waals surface area (Å²) in [7, 11) is 1.58. The van der Waals surface area contributed by atoms with Gasteiger partial charge < -0.3 is 15.0 Å². The number of rotatable bonds is 5. The molecule has 0 atom stereocenters. The molecule has 0 spiro atoms. The number of ether oxygens (including phenoxy) is 1. The molecule has 0 unspecified atom stereocenters. The summed E-state index contributed by atoms with van der Waals surface area (Å²) in [5.74, 6) is 1.29. The SMILES string of the molecule is CCCNc1nc(OC)nc(N2CCCC2(C)C)n1. The van der Waals surface area contributed by atoms with Crippen LogP contribution in [0.15, 0.2) is 0 Å². The van der Waals surface area contributed by atoms with E-state index >= 15 is 0 Å². The molecule has 2 rings (SSSR count). The first kappa shape index (κ1) is 13.8. The molecule has 1 aliphatic rings. The zero-order valence-corrected chi connectivity index (χ0v) is 12.2. The molecule has 0 radical (unpaired) electrons. The monoisotopic (exact) mass is 265 g/mol. The van der Waals surface area contributed by atoms with E-state index in [2.05, 4.69) is 45.9 Å². The van der Waals surface area contributed by atoms with Crippen molar-refractivity contribution in [2.75, 3.05) is 30.4 Å². The third kappa shape index (κ3) is 3.05. The Morgan fingerprint density at radius 2 is 2.11 bits per heavy atom. The smallest absolute Gasteiger partial charge is 0.322 e. The van der Waals surface area contributed by atoms with Gasteiger partial charge in [-0.05, 0) is 33.1 Å². The first-order chi connectivity index (χ1) is 9.06. The zero-order chi connectivity index (χ0) is 13.9. The quantitative estimate of drug-likeness (QED) is 0.879. The molecule has 1 saturated heterocycles. The fraction of sp³-hybridized carbons (Fsp3) is 0.769. The van der Waals surface area contributed by atoms with E-state index in [0.29, 0.717) is 17.9 Å². The molecule has 1 aromatic rings. The van der Waals surface area contributed by atoms with Crippen molar-refractivity contribution in [1.82, 2.24) is 15.0 Å². The lowest BCUT2D eigenvalue weighted by Gasteiger charge is -2.31. The minimum atomic E-state index is 0.0917. The van der Waals surface area contributed by atoms with E-state index < -0.39 is 0 Å². The van der Waals surface area contributed by atoms with E-state index in [1.54, 1.807) is 7.11 Å². The van der Waals surface area contributed by atoms with Crippen LogP contribution in [-0.2, 0) is 0 Å². The van der Waals surface area contributed by atoms with Crippen molar-refractivity contribution >= 4 is 11.9 Å². The molecule has 0 bridgehead atoms. The average Bonchev–Trinajstić information content (AvgIpc) is 2.75. The predicted molar refractivity (Wildman–Crippen MR) is 75.8 cm³/mol. The molecular formula is C13H23N5O. The lowest BCUT2D eigenvalue weighted by Crippen LogP contribution is -2.39. The first-order valence-electron chi connectivity index (χ1n) is 6.88. The van der Waals surface area contributed by atoms with Gasteiger partial charge in [-0.1, -0.05) is 6.92 Å². The van der Waals surface area contributed by atoms with Crippen LogP contribution in [0.25, 0.3) is 0 Å². The molecule has 0 saturated carbocycles. The standard InChI is InChI=1S/C13H23N5O/c1-5-8-14-10-15-11(17-12(16-10)19-4)18-9-6-7-13(18,2)3/h5-9H2,1-4H3,(H,14,15,16,17). The van der Waals surface area contributed by atoms with Gasteiger partial charge in [-0.15, -0.1) is 0 Å². The fourth-order valence-corrected chi connectivity index (χ4v) is 2.35. The van der Waals surface area contributed by atoms with Crippen LogP contribution in [0.1, 0.15) is 40.0 Å². The van der Waals surface area contributed by atoms with Crippen LogP contribution in [0.5, 0.6) is 6.01 Å². The number of nitrogens with one attached hydrogen (secondary N) is 1. The molecule has 1 fully saturated rings. The van der Waals surface area contributed by atoms with Crippen molar-refractivity contribution in [2.45, 2.75) is 45.6 Å². The van der Waals surface area contributed by atoms with Gasteiger partial charge in [0.25, 0.3) is 0 Å². The topological polar surface area (TPSA) is 63.2 Å². The Hall–Kier alpha value is -1.59. The van der Waals surface area contributed by atoms with E-state index in [-0.39, 0.29) is 5.54 Å². The Kier molecular flexibility index (Phi) is 4.07. The Balaban J connectivity index is 2.28. The number of nitrogens with zero attached hydrogens (tertiary/aromatic N) is 4. The fourth-order valence-electron chi connectivity index (χ4n) is 2.35. The van der Waals surface area contributed by atoms with Gasteiger partial charge in [-0.3, -0.25) is 0 Å². The van der Waals surface area contributed by atoms with Crippen molar-refractivity contribution in [3.05, 3.63) is 0 Å². The summed E-state index contributed by atoms with van der Waals surface area (Å²) in [6.07, 6.45) is 3.34. The summed E-state index contributed by atoms with van der Waals surface area (Å²) < 4.78 is 5.17. The van der Waals surface area contributed by atoms with Crippen LogP contribution in [0, 0.1) is 0 Å². The van der Waals surface area contributed by atoms with Crippen molar-refractivity contribution in [3.63, 3.8) is 0 Å². The van der Waals surface area contributed by atoms with Gasteiger partial charge >= 0.3 is 6.01 Å². The molecule has 106 valence electrons. The summed E-state index contributed by atoms with van der Waals surface area (Å²) in [6, 6.07) is 0.367. The van der Waals surface area contributed by atoms with Crippen LogP contribution in [0.2, 0.25) is 0 Å². The summed E-state index contributed by atoms with van der Waals surface area (Å²) >= 11 is 0. The molecule has 6 heteroatoms. The second-order valence-corrected chi connectivity index (χ2v) is 5.44. The van der Waals surface area contributed by atoms with Gasteiger partial charge in [-0.25, -0.2) is 0 Å². The highest BCUT2D eigenvalue weighted by atomic mass is 16.5. The van der Waals surface area contributed by atoms with E-state index in [1.165, 1.54) is 6.42 Å². The third-order valence-corrected chi connectivity index (χ3v) is 3.46. The van der Waals surface area contributed by atoms with Gasteiger partial charge in [0.05, 0.1) is 7.11 Å². The molecule has 1 aliphatic heterocycles. The Morgan fingerprint density at radius 1 is 1.32 bits per heavy atom. The van der Waals surface area contributed by atoms with Crippen LogP contribution >= 0.6 is 0 Å². The second kappa shape index (κ2) is 5.59. The number of hydrogen-bond acceptors (Lipinski definition) is 6. The highest BCUT2D eigenvalue weighted by molar-refractivity contribution is 5.42. The van der Waals surface area contributed by atoms with Crippen LogP contribution in [0.4, 0.5) is 11.9 Å². The van der Waals surface area contributed by atoms with Crippen molar-refractivity contribution in [1.29, 1.82) is 0 Å². The maximum absolute atomic E-state index is 5.17. The third-order valence-electron chi connectivity index (χ3n) is 3.46. The highest BCUT2D eigenvalue weighted by Crippen LogP contribution is 2.32. The lowest BCUT2D eigenvalue weighted by molar-refractivity contribution is 0.377. The molecule has 1 N–H and O–H groups in total. The maximum Gasteiger partial charge on any atom is 0.322 e. The molecule has 19 heavy (non-hydrogen) atoms. The van der Waals surface area contributed by atoms with Gasteiger partial charge in [0, 0.05) is 18.6 Å². The van der Waals surface area contributed by atoms with Gasteiger partial charge in [0.15, 0.2) is 0 Å². The minimum absolute atomic E-state index is 0.0917. The normalized spacial score (nSPS) is 17.6. The molecule has 6 nitrogen and oxygen atoms in total. The number of aromatic nitrogens is 3. The summed E-state index contributed by atoms with van der Waals surface area (Å²) in [4.78, 5) is 15.3. The largest absolute Gasteiger partial charge is 0.467 e. The lowest BCUT2D eigenvalue weighted by atomic mass is 10.0. The number of hydrogen-bond donors (Lipinski definition) is 1. The molecule has 2 heterocycles. The highest BCUT2D eigenvalue weighted by Gasteiger charge is 2.34. The van der Waals surface area contributed by atoms with E-state index in [9.17, 15) is 0 Å². The van der Waals surface area contributed by atoms with Crippen LogP contribution in [0.3, 0.4) is 0 Å².